The molecule has 0 aliphatic heterocycles. The summed E-state index contributed by atoms with van der Waals surface area (Å²) in [5, 5.41) is 11.9. The Labute approximate surface area is 123 Å². The molecule has 0 fully saturated rings. The number of hydrogen-bond acceptors (Lipinski definition) is 2. The lowest BCUT2D eigenvalue weighted by atomic mass is 10.1. The van der Waals surface area contributed by atoms with E-state index in [0.717, 1.165) is 17.5 Å². The largest absolute Gasteiger partial charge is 0.312 e. The standard InChI is InChI=1S/C17H16F2N2/c1-12-8-16(18)4-3-14(12)6-7-21-11-15-9-13(10-20)2-5-17(15)19/h2-5,8-9,21H,6-7,11H2,1H3. The zero-order valence-corrected chi connectivity index (χ0v) is 11.8. The van der Waals surface area contributed by atoms with Crippen molar-refractivity contribution in [3.63, 3.8) is 0 Å². The number of nitriles is 1. The minimum Gasteiger partial charge on any atom is -0.312 e. The third-order valence-electron chi connectivity index (χ3n) is 3.37. The summed E-state index contributed by atoms with van der Waals surface area (Å²) in [5.41, 5.74) is 2.90. The van der Waals surface area contributed by atoms with Crippen LogP contribution in [0, 0.1) is 29.9 Å². The van der Waals surface area contributed by atoms with Crippen LogP contribution in [0.1, 0.15) is 22.3 Å². The summed E-state index contributed by atoms with van der Waals surface area (Å²) >= 11 is 0. The predicted molar refractivity (Wildman–Crippen MR) is 77.7 cm³/mol. The number of aryl methyl sites for hydroxylation is 1. The number of nitrogens with one attached hydrogen (secondary N) is 1. The fraction of sp³-hybridized carbons (Fsp3) is 0.235. The molecular formula is C17H16F2N2. The number of hydrogen-bond donors (Lipinski definition) is 1. The first-order chi connectivity index (χ1) is 10.1. The smallest absolute Gasteiger partial charge is 0.127 e. The van der Waals surface area contributed by atoms with Gasteiger partial charge in [0.15, 0.2) is 0 Å². The van der Waals surface area contributed by atoms with Gasteiger partial charge in [0.2, 0.25) is 0 Å². The van der Waals surface area contributed by atoms with E-state index in [2.05, 4.69) is 5.32 Å². The quantitative estimate of drug-likeness (QED) is 0.854. The molecule has 0 aliphatic carbocycles. The Morgan fingerprint density at radius 2 is 1.90 bits per heavy atom. The van der Waals surface area contributed by atoms with E-state index in [9.17, 15) is 8.78 Å². The van der Waals surface area contributed by atoms with Crippen LogP contribution in [0.4, 0.5) is 8.78 Å². The van der Waals surface area contributed by atoms with Gasteiger partial charge in [0.25, 0.3) is 0 Å². The van der Waals surface area contributed by atoms with Crippen molar-refractivity contribution in [1.82, 2.24) is 5.32 Å². The topological polar surface area (TPSA) is 35.8 Å². The summed E-state index contributed by atoms with van der Waals surface area (Å²) in [4.78, 5) is 0. The highest BCUT2D eigenvalue weighted by Crippen LogP contribution is 2.12. The number of benzene rings is 2. The van der Waals surface area contributed by atoms with Crippen LogP contribution in [0.15, 0.2) is 36.4 Å². The highest BCUT2D eigenvalue weighted by Gasteiger charge is 2.04. The second-order valence-corrected chi connectivity index (χ2v) is 4.92. The molecule has 2 nitrogen and oxygen atoms in total. The Morgan fingerprint density at radius 1 is 1.10 bits per heavy atom. The van der Waals surface area contributed by atoms with E-state index in [4.69, 9.17) is 5.26 Å². The van der Waals surface area contributed by atoms with Gasteiger partial charge in [-0.05, 0) is 61.3 Å². The van der Waals surface area contributed by atoms with E-state index in [0.29, 0.717) is 24.2 Å². The molecular weight excluding hydrogens is 270 g/mol. The average Bonchev–Trinajstić information content (AvgIpc) is 2.47. The summed E-state index contributed by atoms with van der Waals surface area (Å²) in [6, 6.07) is 11.0. The van der Waals surface area contributed by atoms with Crippen molar-refractivity contribution >= 4 is 0 Å². The minimum atomic E-state index is -0.320. The fourth-order valence-electron chi connectivity index (χ4n) is 2.17. The van der Waals surface area contributed by atoms with Gasteiger partial charge in [-0.3, -0.25) is 0 Å². The lowest BCUT2D eigenvalue weighted by Gasteiger charge is -2.08. The van der Waals surface area contributed by atoms with Gasteiger partial charge in [0.05, 0.1) is 11.6 Å². The van der Waals surface area contributed by atoms with E-state index < -0.39 is 0 Å². The zero-order valence-electron chi connectivity index (χ0n) is 11.8. The van der Waals surface area contributed by atoms with Gasteiger partial charge in [-0.1, -0.05) is 6.07 Å². The van der Waals surface area contributed by atoms with Gasteiger partial charge in [0.1, 0.15) is 11.6 Å². The normalized spacial score (nSPS) is 10.4. The predicted octanol–water partition coefficient (Wildman–Crippen LogP) is 3.48. The van der Waals surface area contributed by atoms with Gasteiger partial charge < -0.3 is 5.32 Å². The maximum Gasteiger partial charge on any atom is 0.127 e. The summed E-state index contributed by atoms with van der Waals surface area (Å²) in [7, 11) is 0. The van der Waals surface area contributed by atoms with E-state index in [1.165, 1.54) is 24.3 Å². The van der Waals surface area contributed by atoms with E-state index >= 15 is 0 Å². The highest BCUT2D eigenvalue weighted by atomic mass is 19.1. The van der Waals surface area contributed by atoms with Crippen LogP contribution in [0.2, 0.25) is 0 Å². The number of nitrogens with zero attached hydrogens (tertiary/aromatic N) is 1. The summed E-state index contributed by atoms with van der Waals surface area (Å²) in [6.07, 6.45) is 0.742. The second-order valence-electron chi connectivity index (χ2n) is 4.92. The number of rotatable bonds is 5. The first kappa shape index (κ1) is 15.1. The molecule has 2 aromatic rings. The molecule has 2 rings (SSSR count). The van der Waals surface area contributed by atoms with E-state index in [1.54, 1.807) is 12.1 Å². The molecule has 21 heavy (non-hydrogen) atoms. The molecule has 0 atom stereocenters. The maximum absolute atomic E-state index is 13.6. The van der Waals surface area contributed by atoms with Gasteiger partial charge in [-0.15, -0.1) is 0 Å². The van der Waals surface area contributed by atoms with Crippen LogP contribution < -0.4 is 5.32 Å². The first-order valence-electron chi connectivity index (χ1n) is 6.74. The van der Waals surface area contributed by atoms with Crippen molar-refractivity contribution in [3.8, 4) is 6.07 Å². The van der Waals surface area contributed by atoms with Crippen LogP contribution in [0.5, 0.6) is 0 Å². The van der Waals surface area contributed by atoms with Crippen molar-refractivity contribution in [2.75, 3.05) is 6.54 Å². The van der Waals surface area contributed by atoms with Crippen molar-refractivity contribution < 1.29 is 8.78 Å². The van der Waals surface area contributed by atoms with Crippen LogP contribution >= 0.6 is 0 Å². The minimum absolute atomic E-state index is 0.236. The lowest BCUT2D eigenvalue weighted by molar-refractivity contribution is 0.587. The Hall–Kier alpha value is -2.25. The molecule has 2 aromatic carbocycles. The van der Waals surface area contributed by atoms with Gasteiger partial charge in [-0.2, -0.15) is 5.26 Å². The molecule has 0 aromatic heterocycles. The van der Waals surface area contributed by atoms with Gasteiger partial charge >= 0.3 is 0 Å². The Bertz CT molecular complexity index is 675. The maximum atomic E-state index is 13.6. The van der Waals surface area contributed by atoms with Crippen molar-refractivity contribution in [2.24, 2.45) is 0 Å². The van der Waals surface area contributed by atoms with E-state index in [-0.39, 0.29) is 11.6 Å². The molecule has 0 aliphatic rings. The molecule has 0 saturated heterocycles. The Kier molecular flexibility index (Phi) is 5.02. The summed E-state index contributed by atoms with van der Waals surface area (Å²) in [6.45, 7) is 2.89. The third kappa shape index (κ3) is 4.11. The fourth-order valence-corrected chi connectivity index (χ4v) is 2.17. The molecule has 0 unspecified atom stereocenters. The molecule has 0 spiro atoms. The Balaban J connectivity index is 1.89. The zero-order chi connectivity index (χ0) is 15.2. The molecule has 0 radical (unpaired) electrons. The monoisotopic (exact) mass is 286 g/mol. The van der Waals surface area contributed by atoms with Crippen LogP contribution in [-0.2, 0) is 13.0 Å². The van der Waals surface area contributed by atoms with Crippen molar-refractivity contribution in [2.45, 2.75) is 19.9 Å². The van der Waals surface area contributed by atoms with Gasteiger partial charge in [0, 0.05) is 12.1 Å². The number of halogens is 2. The average molecular weight is 286 g/mol. The highest BCUT2D eigenvalue weighted by molar-refractivity contribution is 5.33. The first-order valence-corrected chi connectivity index (χ1v) is 6.74. The molecule has 4 heteroatoms. The van der Waals surface area contributed by atoms with Crippen molar-refractivity contribution in [1.29, 1.82) is 5.26 Å². The molecule has 0 heterocycles. The van der Waals surface area contributed by atoms with Crippen LogP contribution in [0.3, 0.4) is 0 Å². The lowest BCUT2D eigenvalue weighted by Crippen LogP contribution is -2.18. The van der Waals surface area contributed by atoms with Crippen molar-refractivity contribution in [3.05, 3.63) is 70.3 Å². The molecule has 108 valence electrons. The SMILES string of the molecule is Cc1cc(F)ccc1CCNCc1cc(C#N)ccc1F. The summed E-state index contributed by atoms with van der Waals surface area (Å²) < 4.78 is 26.6. The third-order valence-corrected chi connectivity index (χ3v) is 3.37. The van der Waals surface area contributed by atoms with Gasteiger partial charge in [-0.25, -0.2) is 8.78 Å². The second kappa shape index (κ2) is 6.96. The van der Waals surface area contributed by atoms with Crippen LogP contribution in [0.25, 0.3) is 0 Å². The molecule has 0 bridgehead atoms. The van der Waals surface area contributed by atoms with E-state index in [1.807, 2.05) is 13.0 Å². The molecule has 0 saturated carbocycles. The summed E-state index contributed by atoms with van der Waals surface area (Å²) in [5.74, 6) is -0.556. The molecule has 0 amide bonds. The Morgan fingerprint density at radius 3 is 2.62 bits per heavy atom. The van der Waals surface area contributed by atoms with Crippen LogP contribution in [-0.4, -0.2) is 6.54 Å². The molecule has 1 N–H and O–H groups in total.